The van der Waals surface area contributed by atoms with E-state index in [4.69, 9.17) is 16.3 Å². The first-order chi connectivity index (χ1) is 9.61. The molecule has 1 aliphatic carbocycles. The van der Waals surface area contributed by atoms with E-state index in [1.807, 2.05) is 0 Å². The molecule has 2 aromatic rings. The van der Waals surface area contributed by atoms with Gasteiger partial charge in [-0.1, -0.05) is 11.6 Å². The number of pyridine rings is 1. The van der Waals surface area contributed by atoms with E-state index in [-0.39, 0.29) is 11.4 Å². The second-order valence-electron chi connectivity index (χ2n) is 4.83. The van der Waals surface area contributed by atoms with Crippen molar-refractivity contribution < 1.29 is 9.84 Å². The lowest BCUT2D eigenvalue weighted by atomic mass is 9.97. The Bertz CT molecular complexity index is 737. The van der Waals surface area contributed by atoms with Crippen LogP contribution in [0, 0.1) is 0 Å². The summed E-state index contributed by atoms with van der Waals surface area (Å²) in [5.74, 6) is 0.474. The Balaban J connectivity index is 2.26. The maximum Gasteiger partial charge on any atom is 0.261 e. The van der Waals surface area contributed by atoms with Crippen LogP contribution in [0.25, 0.3) is 5.69 Å². The van der Waals surface area contributed by atoms with Crippen LogP contribution in [0.3, 0.4) is 0 Å². The van der Waals surface area contributed by atoms with Gasteiger partial charge in [-0.3, -0.25) is 4.79 Å². The molecule has 3 rings (SSSR count). The molecule has 1 aromatic heterocycles. The van der Waals surface area contributed by atoms with Crippen LogP contribution in [0.15, 0.2) is 29.1 Å². The first-order valence-corrected chi connectivity index (χ1v) is 6.80. The van der Waals surface area contributed by atoms with Gasteiger partial charge < -0.3 is 9.84 Å². The molecule has 0 atom stereocenters. The number of fused-ring (bicyclic) bond motifs is 2. The summed E-state index contributed by atoms with van der Waals surface area (Å²) >= 11 is 5.99. The van der Waals surface area contributed by atoms with Crippen molar-refractivity contribution in [3.63, 3.8) is 0 Å². The molecule has 0 radical (unpaired) electrons. The number of nitrogens with zero attached hydrogens (tertiary/aromatic N) is 1. The van der Waals surface area contributed by atoms with E-state index in [1.54, 1.807) is 24.3 Å². The molecule has 2 bridgehead atoms. The van der Waals surface area contributed by atoms with Crippen LogP contribution in [0.5, 0.6) is 11.6 Å². The third-order valence-corrected chi connectivity index (χ3v) is 3.92. The van der Waals surface area contributed by atoms with Gasteiger partial charge in [0.05, 0.1) is 17.8 Å². The SMILES string of the molecule is COc1cc(-n2c(O)c3cc(c2=O)CCC3)ccc1Cl. The molecule has 0 aliphatic heterocycles. The predicted octanol–water partition coefficient (Wildman–Crippen LogP) is 2.69. The number of aryl methyl sites for hydroxylation is 2. The van der Waals surface area contributed by atoms with Crippen molar-refractivity contribution in [2.24, 2.45) is 0 Å². The number of hydrogen-bond donors (Lipinski definition) is 1. The number of aromatic hydroxyl groups is 1. The monoisotopic (exact) mass is 291 g/mol. The summed E-state index contributed by atoms with van der Waals surface area (Å²) in [6, 6.07) is 6.80. The highest BCUT2D eigenvalue weighted by molar-refractivity contribution is 6.32. The van der Waals surface area contributed by atoms with Crippen molar-refractivity contribution in [1.82, 2.24) is 4.57 Å². The summed E-state index contributed by atoms with van der Waals surface area (Å²) in [4.78, 5) is 12.4. The first-order valence-electron chi connectivity index (χ1n) is 6.42. The molecule has 1 aromatic carbocycles. The number of halogens is 1. The second-order valence-corrected chi connectivity index (χ2v) is 5.24. The van der Waals surface area contributed by atoms with Crippen LogP contribution in [-0.4, -0.2) is 16.8 Å². The minimum Gasteiger partial charge on any atom is -0.495 e. The first kappa shape index (κ1) is 13.1. The minimum atomic E-state index is -0.185. The standard InChI is InChI=1S/C15H14ClNO3/c1-20-13-8-11(5-6-12(13)16)17-14(18)9-3-2-4-10(7-9)15(17)19/h5-8,18H,2-4H2,1H3. The molecular weight excluding hydrogens is 278 g/mol. The largest absolute Gasteiger partial charge is 0.495 e. The molecule has 1 heterocycles. The lowest BCUT2D eigenvalue weighted by Gasteiger charge is -2.19. The van der Waals surface area contributed by atoms with E-state index in [2.05, 4.69) is 0 Å². The zero-order valence-corrected chi connectivity index (χ0v) is 11.8. The van der Waals surface area contributed by atoms with Crippen LogP contribution >= 0.6 is 11.6 Å². The second kappa shape index (κ2) is 4.87. The molecule has 104 valence electrons. The van der Waals surface area contributed by atoms with Gasteiger partial charge in [0.2, 0.25) is 5.88 Å². The number of benzene rings is 1. The summed E-state index contributed by atoms with van der Waals surface area (Å²) in [6.45, 7) is 0. The summed E-state index contributed by atoms with van der Waals surface area (Å²) in [5.41, 5.74) is 1.91. The molecule has 1 N–H and O–H groups in total. The molecule has 5 heteroatoms. The van der Waals surface area contributed by atoms with E-state index in [0.717, 1.165) is 30.4 Å². The predicted molar refractivity (Wildman–Crippen MR) is 77.3 cm³/mol. The molecule has 0 amide bonds. The number of ether oxygens (including phenoxy) is 1. The Morgan fingerprint density at radius 2 is 2.00 bits per heavy atom. The Morgan fingerprint density at radius 1 is 1.25 bits per heavy atom. The van der Waals surface area contributed by atoms with Gasteiger partial charge in [-0.25, -0.2) is 4.57 Å². The van der Waals surface area contributed by atoms with E-state index in [1.165, 1.54) is 11.7 Å². The lowest BCUT2D eigenvalue weighted by Crippen LogP contribution is -2.25. The van der Waals surface area contributed by atoms with Crippen molar-refractivity contribution in [2.45, 2.75) is 19.3 Å². The average molecular weight is 292 g/mol. The lowest BCUT2D eigenvalue weighted by molar-refractivity contribution is 0.412. The molecule has 20 heavy (non-hydrogen) atoms. The van der Waals surface area contributed by atoms with E-state index >= 15 is 0 Å². The summed E-state index contributed by atoms with van der Waals surface area (Å²) in [6.07, 6.45) is 2.43. The molecule has 0 spiro atoms. The van der Waals surface area contributed by atoms with Gasteiger partial charge >= 0.3 is 0 Å². The summed E-state index contributed by atoms with van der Waals surface area (Å²) in [7, 11) is 1.51. The smallest absolute Gasteiger partial charge is 0.261 e. The normalized spacial score (nSPS) is 13.3. The zero-order chi connectivity index (χ0) is 14.3. The third-order valence-electron chi connectivity index (χ3n) is 3.61. The van der Waals surface area contributed by atoms with Gasteiger partial charge in [-0.05, 0) is 37.5 Å². The maximum atomic E-state index is 12.4. The van der Waals surface area contributed by atoms with Crippen LogP contribution < -0.4 is 10.3 Å². The van der Waals surface area contributed by atoms with E-state index < -0.39 is 0 Å². The highest BCUT2D eigenvalue weighted by Gasteiger charge is 2.19. The average Bonchev–Trinajstić information content (AvgIpc) is 2.47. The minimum absolute atomic E-state index is 0.00262. The molecule has 4 nitrogen and oxygen atoms in total. The van der Waals surface area contributed by atoms with Gasteiger partial charge in [-0.2, -0.15) is 0 Å². The summed E-state index contributed by atoms with van der Waals surface area (Å²) in [5, 5.41) is 10.8. The van der Waals surface area contributed by atoms with Crippen LogP contribution in [0.2, 0.25) is 5.02 Å². The van der Waals surface area contributed by atoms with Gasteiger partial charge in [0, 0.05) is 17.2 Å². The van der Waals surface area contributed by atoms with Crippen LogP contribution in [0.1, 0.15) is 17.5 Å². The molecule has 0 saturated carbocycles. The Hall–Kier alpha value is -1.94. The number of hydrogen-bond acceptors (Lipinski definition) is 3. The quantitative estimate of drug-likeness (QED) is 0.925. The Morgan fingerprint density at radius 3 is 2.75 bits per heavy atom. The van der Waals surface area contributed by atoms with Crippen molar-refractivity contribution in [1.29, 1.82) is 0 Å². The van der Waals surface area contributed by atoms with Gasteiger partial charge in [0.25, 0.3) is 5.56 Å². The number of aromatic nitrogens is 1. The molecule has 1 aliphatic rings. The molecular formula is C15H14ClNO3. The third kappa shape index (κ3) is 1.96. The fourth-order valence-corrected chi connectivity index (χ4v) is 2.77. The number of rotatable bonds is 2. The van der Waals surface area contributed by atoms with E-state index in [0.29, 0.717) is 16.5 Å². The van der Waals surface area contributed by atoms with Crippen molar-refractivity contribution in [3.05, 3.63) is 50.8 Å². The van der Waals surface area contributed by atoms with Crippen molar-refractivity contribution in [3.8, 4) is 17.3 Å². The molecule has 0 unspecified atom stereocenters. The van der Waals surface area contributed by atoms with Crippen molar-refractivity contribution >= 4 is 11.6 Å². The Labute approximate surface area is 121 Å². The highest BCUT2D eigenvalue weighted by Crippen LogP contribution is 2.30. The summed E-state index contributed by atoms with van der Waals surface area (Å²) < 4.78 is 6.48. The molecule has 0 saturated heterocycles. The van der Waals surface area contributed by atoms with E-state index in [9.17, 15) is 9.90 Å². The zero-order valence-electron chi connectivity index (χ0n) is 11.0. The van der Waals surface area contributed by atoms with Gasteiger partial charge in [-0.15, -0.1) is 0 Å². The molecule has 0 fully saturated rings. The fraction of sp³-hybridized carbons (Fsp3) is 0.267. The fourth-order valence-electron chi connectivity index (χ4n) is 2.58. The van der Waals surface area contributed by atoms with Gasteiger partial charge in [0.1, 0.15) is 5.75 Å². The van der Waals surface area contributed by atoms with Crippen LogP contribution in [0.4, 0.5) is 0 Å². The number of methoxy groups -OCH3 is 1. The van der Waals surface area contributed by atoms with Crippen molar-refractivity contribution in [2.75, 3.05) is 7.11 Å². The highest BCUT2D eigenvalue weighted by atomic mass is 35.5. The maximum absolute atomic E-state index is 12.4. The van der Waals surface area contributed by atoms with Gasteiger partial charge in [0.15, 0.2) is 0 Å². The van der Waals surface area contributed by atoms with Crippen LogP contribution in [-0.2, 0) is 12.8 Å². The topological polar surface area (TPSA) is 51.5 Å². The Kier molecular flexibility index (Phi) is 3.18.